The Morgan fingerprint density at radius 3 is 2.39 bits per heavy atom. The van der Waals surface area contributed by atoms with Gasteiger partial charge in [0.05, 0.1) is 0 Å². The van der Waals surface area contributed by atoms with Gasteiger partial charge in [-0.15, -0.1) is 0 Å². The fraction of sp³-hybridized carbons (Fsp3) is 0.250. The molecule has 1 aliphatic heterocycles. The van der Waals surface area contributed by atoms with E-state index in [4.69, 9.17) is 0 Å². The maximum atomic E-state index is 12.7. The fourth-order valence-corrected chi connectivity index (χ4v) is 3.72. The van der Waals surface area contributed by atoms with Gasteiger partial charge in [-0.1, -0.05) is 42.5 Å². The lowest BCUT2D eigenvalue weighted by atomic mass is 10.0. The molecule has 2 aromatic carbocycles. The van der Waals surface area contributed by atoms with E-state index in [1.54, 1.807) is 0 Å². The molecule has 4 rings (SSSR count). The summed E-state index contributed by atoms with van der Waals surface area (Å²) >= 11 is 0. The van der Waals surface area contributed by atoms with Crippen molar-refractivity contribution in [1.29, 1.82) is 0 Å². The van der Waals surface area contributed by atoms with Crippen molar-refractivity contribution in [3.63, 3.8) is 0 Å². The zero-order chi connectivity index (χ0) is 19.2. The van der Waals surface area contributed by atoms with Crippen molar-refractivity contribution < 1.29 is 4.79 Å². The third-order valence-electron chi connectivity index (χ3n) is 5.31. The van der Waals surface area contributed by atoms with Crippen LogP contribution in [-0.4, -0.2) is 34.9 Å². The van der Waals surface area contributed by atoms with E-state index in [0.717, 1.165) is 49.2 Å². The number of piperidine rings is 1. The Morgan fingerprint density at radius 2 is 1.64 bits per heavy atom. The van der Waals surface area contributed by atoms with Crippen molar-refractivity contribution >= 4 is 5.91 Å². The normalized spacial score (nSPS) is 15.3. The summed E-state index contributed by atoms with van der Waals surface area (Å²) in [4.78, 5) is 19.2. The van der Waals surface area contributed by atoms with Gasteiger partial charge in [-0.05, 0) is 53.8 Å². The molecule has 2 heterocycles. The van der Waals surface area contributed by atoms with Gasteiger partial charge < -0.3 is 5.32 Å². The van der Waals surface area contributed by atoms with Gasteiger partial charge in [-0.3, -0.25) is 14.7 Å². The summed E-state index contributed by atoms with van der Waals surface area (Å²) in [6.07, 6.45) is 5.64. The quantitative estimate of drug-likeness (QED) is 0.733. The Labute approximate surface area is 166 Å². The van der Waals surface area contributed by atoms with Gasteiger partial charge in [-0.25, -0.2) is 0 Å². The van der Waals surface area contributed by atoms with Crippen LogP contribution in [0.5, 0.6) is 0 Å². The largest absolute Gasteiger partial charge is 0.349 e. The Kier molecular flexibility index (Phi) is 5.78. The van der Waals surface area contributed by atoms with Crippen LogP contribution in [0, 0.1) is 0 Å². The van der Waals surface area contributed by atoms with E-state index in [-0.39, 0.29) is 11.9 Å². The second-order valence-corrected chi connectivity index (χ2v) is 7.33. The Balaban J connectivity index is 1.32. The van der Waals surface area contributed by atoms with Crippen LogP contribution in [0.15, 0.2) is 79.1 Å². The minimum Gasteiger partial charge on any atom is -0.349 e. The van der Waals surface area contributed by atoms with Crippen molar-refractivity contribution in [2.75, 3.05) is 13.1 Å². The van der Waals surface area contributed by atoms with Crippen molar-refractivity contribution in [2.45, 2.75) is 25.4 Å². The molecule has 0 atom stereocenters. The fourth-order valence-electron chi connectivity index (χ4n) is 3.72. The minimum absolute atomic E-state index is 0.0189. The predicted molar refractivity (Wildman–Crippen MR) is 112 cm³/mol. The number of hydrogen-bond donors (Lipinski definition) is 1. The Hall–Kier alpha value is -2.98. The smallest absolute Gasteiger partial charge is 0.251 e. The van der Waals surface area contributed by atoms with Crippen LogP contribution in [-0.2, 0) is 6.54 Å². The van der Waals surface area contributed by atoms with Crippen molar-refractivity contribution in [3.8, 4) is 11.1 Å². The molecule has 4 heteroatoms. The second-order valence-electron chi connectivity index (χ2n) is 7.33. The highest BCUT2D eigenvalue weighted by atomic mass is 16.1. The zero-order valence-electron chi connectivity index (χ0n) is 15.9. The summed E-state index contributed by atoms with van der Waals surface area (Å²) in [5.41, 5.74) is 4.21. The number of pyridine rings is 1. The predicted octanol–water partition coefficient (Wildman–Crippen LogP) is 4.14. The third-order valence-corrected chi connectivity index (χ3v) is 5.31. The molecule has 0 spiro atoms. The van der Waals surface area contributed by atoms with Crippen LogP contribution >= 0.6 is 0 Å². The van der Waals surface area contributed by atoms with Gasteiger partial charge >= 0.3 is 0 Å². The van der Waals surface area contributed by atoms with Gasteiger partial charge in [0.25, 0.3) is 5.91 Å². The first-order valence-corrected chi connectivity index (χ1v) is 9.85. The van der Waals surface area contributed by atoms with E-state index >= 15 is 0 Å². The van der Waals surface area contributed by atoms with Gasteiger partial charge in [0.2, 0.25) is 0 Å². The average Bonchev–Trinajstić information content (AvgIpc) is 2.76. The van der Waals surface area contributed by atoms with Crippen molar-refractivity contribution in [1.82, 2.24) is 15.2 Å². The highest BCUT2D eigenvalue weighted by molar-refractivity contribution is 5.95. The summed E-state index contributed by atoms with van der Waals surface area (Å²) in [7, 11) is 0. The van der Waals surface area contributed by atoms with Gasteiger partial charge in [0, 0.05) is 43.6 Å². The first-order valence-electron chi connectivity index (χ1n) is 9.85. The van der Waals surface area contributed by atoms with E-state index in [1.165, 1.54) is 5.56 Å². The highest BCUT2D eigenvalue weighted by Crippen LogP contribution is 2.20. The van der Waals surface area contributed by atoms with Crippen LogP contribution in [0.2, 0.25) is 0 Å². The molecule has 1 saturated heterocycles. The van der Waals surface area contributed by atoms with Crippen molar-refractivity contribution in [3.05, 3.63) is 90.3 Å². The summed E-state index contributed by atoms with van der Waals surface area (Å²) in [6.45, 7) is 2.94. The number of rotatable bonds is 5. The number of likely N-dealkylation sites (tertiary alicyclic amines) is 1. The summed E-state index contributed by atoms with van der Waals surface area (Å²) in [6, 6.07) is 22.4. The van der Waals surface area contributed by atoms with Gasteiger partial charge in [0.15, 0.2) is 0 Å². The second kappa shape index (κ2) is 8.81. The SMILES string of the molecule is O=C(NC1CCN(Cc2ccncc2)CC1)c1cccc(-c2ccccc2)c1. The summed E-state index contributed by atoms with van der Waals surface area (Å²) in [5.74, 6) is 0.0189. The molecule has 1 amide bonds. The van der Waals surface area contributed by atoms with E-state index in [0.29, 0.717) is 0 Å². The molecule has 0 aliphatic carbocycles. The summed E-state index contributed by atoms with van der Waals surface area (Å²) in [5, 5.41) is 3.22. The lowest BCUT2D eigenvalue weighted by Gasteiger charge is -2.32. The molecule has 4 nitrogen and oxygen atoms in total. The van der Waals surface area contributed by atoms with Crippen LogP contribution in [0.25, 0.3) is 11.1 Å². The molecule has 0 saturated carbocycles. The number of carbonyl (C=O) groups excluding carboxylic acids is 1. The van der Waals surface area contributed by atoms with E-state index in [9.17, 15) is 4.79 Å². The highest BCUT2D eigenvalue weighted by Gasteiger charge is 2.21. The molecular weight excluding hydrogens is 346 g/mol. The molecule has 28 heavy (non-hydrogen) atoms. The molecule has 142 valence electrons. The number of hydrogen-bond acceptors (Lipinski definition) is 3. The van der Waals surface area contributed by atoms with Gasteiger partial charge in [-0.2, -0.15) is 0 Å². The number of amides is 1. The molecule has 1 fully saturated rings. The molecule has 1 N–H and O–H groups in total. The first kappa shape index (κ1) is 18.4. The Morgan fingerprint density at radius 1 is 0.929 bits per heavy atom. The lowest BCUT2D eigenvalue weighted by molar-refractivity contribution is 0.0909. The van der Waals surface area contributed by atoms with Crippen LogP contribution in [0.3, 0.4) is 0 Å². The minimum atomic E-state index is 0.0189. The molecule has 1 aliphatic rings. The standard InChI is InChI=1S/C24H25N3O/c28-24(22-8-4-7-21(17-22)20-5-2-1-3-6-20)26-23-11-15-27(16-12-23)18-19-9-13-25-14-10-19/h1-10,13-14,17,23H,11-12,15-16,18H2,(H,26,28). The molecule has 3 aromatic rings. The van der Waals surface area contributed by atoms with Crippen molar-refractivity contribution in [2.24, 2.45) is 0 Å². The van der Waals surface area contributed by atoms with Crippen LogP contribution in [0.4, 0.5) is 0 Å². The molecule has 1 aromatic heterocycles. The lowest BCUT2D eigenvalue weighted by Crippen LogP contribution is -2.44. The van der Waals surface area contributed by atoms with Crippen LogP contribution < -0.4 is 5.32 Å². The third kappa shape index (κ3) is 4.65. The van der Waals surface area contributed by atoms with E-state index in [2.05, 4.69) is 39.5 Å². The van der Waals surface area contributed by atoms with Gasteiger partial charge in [0.1, 0.15) is 0 Å². The zero-order valence-corrected chi connectivity index (χ0v) is 15.9. The molecule has 0 bridgehead atoms. The molecular formula is C24H25N3O. The van der Waals surface area contributed by atoms with E-state index < -0.39 is 0 Å². The van der Waals surface area contributed by atoms with Crippen LogP contribution in [0.1, 0.15) is 28.8 Å². The molecule has 0 radical (unpaired) electrons. The number of aromatic nitrogens is 1. The average molecular weight is 371 g/mol. The number of nitrogens with one attached hydrogen (secondary N) is 1. The Bertz CT molecular complexity index is 903. The monoisotopic (exact) mass is 371 g/mol. The number of nitrogens with zero attached hydrogens (tertiary/aromatic N) is 2. The topological polar surface area (TPSA) is 45.2 Å². The number of benzene rings is 2. The van der Waals surface area contributed by atoms with E-state index in [1.807, 2.05) is 54.9 Å². The maximum Gasteiger partial charge on any atom is 0.251 e. The first-order chi connectivity index (χ1) is 13.8. The number of carbonyl (C=O) groups is 1. The maximum absolute atomic E-state index is 12.7. The molecule has 0 unspecified atom stereocenters. The summed E-state index contributed by atoms with van der Waals surface area (Å²) < 4.78 is 0.